The van der Waals surface area contributed by atoms with Crippen molar-refractivity contribution in [2.75, 3.05) is 6.61 Å². The van der Waals surface area contributed by atoms with E-state index in [0.717, 1.165) is 42.1 Å². The molecule has 1 atom stereocenters. The summed E-state index contributed by atoms with van der Waals surface area (Å²) >= 11 is 0. The molecule has 1 fully saturated rings. The first-order valence-electron chi connectivity index (χ1n) is 10.0. The molecule has 1 aliphatic rings. The molecule has 0 saturated heterocycles. The van der Waals surface area contributed by atoms with Crippen molar-refractivity contribution >= 4 is 34.7 Å². The van der Waals surface area contributed by atoms with Gasteiger partial charge in [-0.15, -0.1) is 0 Å². The van der Waals surface area contributed by atoms with Crippen molar-refractivity contribution in [1.29, 1.82) is 0 Å². The molecule has 0 radical (unpaired) electrons. The molecular weight excluding hydrogens is 388 g/mol. The van der Waals surface area contributed by atoms with Crippen LogP contribution in [0.1, 0.15) is 38.2 Å². The molecular formula is C21H26N4O5. The van der Waals surface area contributed by atoms with Crippen LogP contribution in [-0.4, -0.2) is 47.5 Å². The molecule has 0 spiro atoms. The van der Waals surface area contributed by atoms with Crippen LogP contribution in [0.25, 0.3) is 10.9 Å². The second-order valence-corrected chi connectivity index (χ2v) is 7.43. The van der Waals surface area contributed by atoms with Gasteiger partial charge in [0.15, 0.2) is 6.61 Å². The Morgan fingerprint density at radius 1 is 1.17 bits per heavy atom. The third kappa shape index (κ3) is 5.82. The number of aromatic nitrogens is 1. The van der Waals surface area contributed by atoms with E-state index in [1.807, 2.05) is 24.3 Å². The fourth-order valence-corrected chi connectivity index (χ4v) is 3.65. The number of esters is 1. The summed E-state index contributed by atoms with van der Waals surface area (Å²) in [5.74, 6) is -1.87. The molecule has 1 aromatic heterocycles. The van der Waals surface area contributed by atoms with Gasteiger partial charge >= 0.3 is 12.0 Å². The predicted molar refractivity (Wildman–Crippen MR) is 109 cm³/mol. The molecule has 160 valence electrons. The monoisotopic (exact) mass is 414 g/mol. The molecule has 4 amide bonds. The van der Waals surface area contributed by atoms with Crippen LogP contribution < -0.4 is 16.0 Å². The molecule has 1 aliphatic carbocycles. The number of hydrogen-bond acceptors (Lipinski definition) is 5. The standard InChI is InChI=1S/C21H26N4O5/c1-13(26)23-18(10-14-11-22-17-9-5-4-8-16(14)17)20(28)30-12-19(27)25-21(29)24-15-6-2-3-7-15/h4-5,8-9,11,15,18,22H,2-3,6-7,10,12H2,1H3,(H,23,26)(H2,24,25,27,29)/t18-/m0/s1. The van der Waals surface area contributed by atoms with Gasteiger partial charge in [0.25, 0.3) is 5.91 Å². The van der Waals surface area contributed by atoms with Crippen molar-refractivity contribution in [2.45, 2.75) is 51.1 Å². The molecule has 1 aromatic carbocycles. The minimum absolute atomic E-state index is 0.0701. The van der Waals surface area contributed by atoms with Gasteiger partial charge in [-0.05, 0) is 24.5 Å². The van der Waals surface area contributed by atoms with Gasteiger partial charge in [0.05, 0.1) is 0 Å². The highest BCUT2D eigenvalue weighted by Crippen LogP contribution is 2.19. The Hall–Kier alpha value is -3.36. The van der Waals surface area contributed by atoms with Gasteiger partial charge in [-0.25, -0.2) is 9.59 Å². The van der Waals surface area contributed by atoms with Crippen LogP contribution >= 0.6 is 0 Å². The second-order valence-electron chi connectivity index (χ2n) is 7.43. The Labute approximate surface area is 173 Å². The average molecular weight is 414 g/mol. The number of H-pyrrole nitrogens is 1. The number of fused-ring (bicyclic) bond motifs is 1. The first-order valence-corrected chi connectivity index (χ1v) is 10.0. The summed E-state index contributed by atoms with van der Waals surface area (Å²) in [7, 11) is 0. The Morgan fingerprint density at radius 2 is 1.90 bits per heavy atom. The number of benzene rings is 1. The van der Waals surface area contributed by atoms with Crippen LogP contribution in [0.4, 0.5) is 4.79 Å². The number of ether oxygens (including phenoxy) is 1. The highest BCUT2D eigenvalue weighted by molar-refractivity contribution is 5.96. The molecule has 1 saturated carbocycles. The van der Waals surface area contributed by atoms with Crippen LogP contribution in [0.5, 0.6) is 0 Å². The van der Waals surface area contributed by atoms with E-state index in [9.17, 15) is 19.2 Å². The van der Waals surface area contributed by atoms with E-state index < -0.39 is 36.5 Å². The van der Waals surface area contributed by atoms with E-state index in [0.29, 0.717) is 0 Å². The Kier molecular flexibility index (Phi) is 7.05. The summed E-state index contributed by atoms with van der Waals surface area (Å²) in [5.41, 5.74) is 1.75. The lowest BCUT2D eigenvalue weighted by Gasteiger charge is -2.17. The zero-order chi connectivity index (χ0) is 21.5. The van der Waals surface area contributed by atoms with Crippen molar-refractivity contribution in [3.63, 3.8) is 0 Å². The van der Waals surface area contributed by atoms with E-state index in [2.05, 4.69) is 20.9 Å². The Morgan fingerprint density at radius 3 is 2.63 bits per heavy atom. The molecule has 0 aliphatic heterocycles. The SMILES string of the molecule is CC(=O)N[C@@H](Cc1c[nH]c2ccccc12)C(=O)OCC(=O)NC(=O)NC1CCCC1. The molecule has 30 heavy (non-hydrogen) atoms. The van der Waals surface area contributed by atoms with Gasteiger partial charge in [-0.1, -0.05) is 31.0 Å². The van der Waals surface area contributed by atoms with E-state index in [1.54, 1.807) is 6.20 Å². The lowest BCUT2D eigenvalue weighted by molar-refractivity contribution is -0.151. The van der Waals surface area contributed by atoms with E-state index in [4.69, 9.17) is 4.74 Å². The third-order valence-corrected chi connectivity index (χ3v) is 5.05. The molecule has 0 bridgehead atoms. The largest absolute Gasteiger partial charge is 0.454 e. The summed E-state index contributed by atoms with van der Waals surface area (Å²) in [5, 5.41) is 8.36. The molecule has 9 heteroatoms. The minimum Gasteiger partial charge on any atom is -0.454 e. The molecule has 3 rings (SSSR count). The van der Waals surface area contributed by atoms with Gasteiger partial charge < -0.3 is 20.4 Å². The molecule has 1 heterocycles. The van der Waals surface area contributed by atoms with E-state index >= 15 is 0 Å². The number of carbonyl (C=O) groups is 4. The summed E-state index contributed by atoms with van der Waals surface area (Å²) in [6.45, 7) is 0.691. The number of hydrogen-bond donors (Lipinski definition) is 4. The van der Waals surface area contributed by atoms with E-state index in [-0.39, 0.29) is 12.5 Å². The predicted octanol–water partition coefficient (Wildman–Crippen LogP) is 1.53. The van der Waals surface area contributed by atoms with Gasteiger partial charge in [0.1, 0.15) is 6.04 Å². The smallest absolute Gasteiger partial charge is 0.329 e. The molecule has 0 unspecified atom stereocenters. The first-order chi connectivity index (χ1) is 14.4. The maximum absolute atomic E-state index is 12.5. The van der Waals surface area contributed by atoms with Gasteiger partial charge in [-0.2, -0.15) is 0 Å². The lowest BCUT2D eigenvalue weighted by atomic mass is 10.0. The number of aromatic amines is 1. The number of amides is 4. The zero-order valence-electron chi connectivity index (χ0n) is 16.8. The van der Waals surface area contributed by atoms with Crippen molar-refractivity contribution in [3.05, 3.63) is 36.0 Å². The van der Waals surface area contributed by atoms with Crippen LogP contribution in [0.15, 0.2) is 30.5 Å². The summed E-state index contributed by atoms with van der Waals surface area (Å²) in [6.07, 6.45) is 5.86. The van der Waals surface area contributed by atoms with Crippen molar-refractivity contribution in [3.8, 4) is 0 Å². The normalized spacial score (nSPS) is 14.8. The average Bonchev–Trinajstić information content (AvgIpc) is 3.35. The quantitative estimate of drug-likeness (QED) is 0.511. The number of nitrogens with one attached hydrogen (secondary N) is 4. The molecule has 4 N–H and O–H groups in total. The van der Waals surface area contributed by atoms with Crippen LogP contribution in [0, 0.1) is 0 Å². The lowest BCUT2D eigenvalue weighted by Crippen LogP contribution is -2.46. The maximum atomic E-state index is 12.5. The number of rotatable bonds is 7. The summed E-state index contributed by atoms with van der Waals surface area (Å²) < 4.78 is 5.04. The Balaban J connectivity index is 1.53. The molecule has 2 aromatic rings. The van der Waals surface area contributed by atoms with Crippen LogP contribution in [0.2, 0.25) is 0 Å². The maximum Gasteiger partial charge on any atom is 0.329 e. The Bertz CT molecular complexity index is 932. The van der Waals surface area contributed by atoms with Crippen molar-refractivity contribution < 1.29 is 23.9 Å². The van der Waals surface area contributed by atoms with Crippen LogP contribution in [0.3, 0.4) is 0 Å². The highest BCUT2D eigenvalue weighted by atomic mass is 16.5. The van der Waals surface area contributed by atoms with Gasteiger partial charge in [0, 0.05) is 36.5 Å². The number of carbonyl (C=O) groups excluding carboxylic acids is 4. The van der Waals surface area contributed by atoms with Gasteiger partial charge in [0.2, 0.25) is 5.91 Å². The highest BCUT2D eigenvalue weighted by Gasteiger charge is 2.24. The van der Waals surface area contributed by atoms with Gasteiger partial charge in [-0.3, -0.25) is 14.9 Å². The van der Waals surface area contributed by atoms with Crippen LogP contribution in [-0.2, 0) is 25.5 Å². The summed E-state index contributed by atoms with van der Waals surface area (Å²) in [4.78, 5) is 50.9. The second kappa shape index (κ2) is 9.91. The minimum atomic E-state index is -0.957. The summed E-state index contributed by atoms with van der Waals surface area (Å²) in [6, 6.07) is 6.11. The molecule has 9 nitrogen and oxygen atoms in total. The first kappa shape index (κ1) is 21.4. The van der Waals surface area contributed by atoms with E-state index in [1.165, 1.54) is 6.92 Å². The fraction of sp³-hybridized carbons (Fsp3) is 0.429. The third-order valence-electron chi connectivity index (χ3n) is 5.05. The topological polar surface area (TPSA) is 129 Å². The number of imide groups is 1. The fourth-order valence-electron chi connectivity index (χ4n) is 3.65. The van der Waals surface area contributed by atoms with Crippen molar-refractivity contribution in [1.82, 2.24) is 20.9 Å². The number of urea groups is 1. The number of para-hydroxylation sites is 1. The van der Waals surface area contributed by atoms with Crippen molar-refractivity contribution in [2.24, 2.45) is 0 Å². The zero-order valence-corrected chi connectivity index (χ0v) is 16.8.